The maximum Gasteiger partial charge on any atom is 0.153 e. The molecule has 1 aromatic rings. The Kier molecular flexibility index (Phi) is 3.70. The molecule has 0 fully saturated rings. The monoisotopic (exact) mass is 274 g/mol. The summed E-state index contributed by atoms with van der Waals surface area (Å²) in [5.41, 5.74) is 4.65. The molecule has 0 radical (unpaired) electrons. The predicted molar refractivity (Wildman–Crippen MR) is 82.9 cm³/mol. The van der Waals surface area contributed by atoms with Crippen LogP contribution in [0.1, 0.15) is 67.6 Å². The second-order valence-electron chi connectivity index (χ2n) is 6.99. The van der Waals surface area contributed by atoms with Gasteiger partial charge >= 0.3 is 0 Å². The minimum absolute atomic E-state index is 0.114. The van der Waals surface area contributed by atoms with Crippen molar-refractivity contribution in [3.8, 4) is 5.75 Å². The molecular formula is C18H26O2. The molecule has 0 bridgehead atoms. The Morgan fingerprint density at radius 2 is 1.95 bits per heavy atom. The van der Waals surface area contributed by atoms with Gasteiger partial charge in [-0.1, -0.05) is 34.6 Å². The molecule has 1 aliphatic carbocycles. The number of hydrogen-bond donors (Lipinski definition) is 0. The molecule has 1 aliphatic rings. The summed E-state index contributed by atoms with van der Waals surface area (Å²) in [5.74, 6) is 2.37. The summed E-state index contributed by atoms with van der Waals surface area (Å²) in [7, 11) is 1.65. The maximum atomic E-state index is 11.4. The largest absolute Gasteiger partial charge is 0.496 e. The van der Waals surface area contributed by atoms with Crippen molar-refractivity contribution in [2.24, 2.45) is 11.8 Å². The van der Waals surface area contributed by atoms with Crippen LogP contribution >= 0.6 is 0 Å². The molecule has 2 atom stereocenters. The Balaban J connectivity index is 2.80. The number of methoxy groups -OCH3 is 1. The van der Waals surface area contributed by atoms with E-state index in [1.165, 1.54) is 11.1 Å². The van der Waals surface area contributed by atoms with Crippen molar-refractivity contribution in [1.29, 1.82) is 0 Å². The van der Waals surface area contributed by atoms with Gasteiger partial charge in [0.15, 0.2) is 6.29 Å². The molecule has 0 saturated carbocycles. The number of fused-ring (bicyclic) bond motifs is 1. The van der Waals surface area contributed by atoms with Crippen molar-refractivity contribution >= 4 is 6.29 Å². The van der Waals surface area contributed by atoms with Crippen LogP contribution in [-0.2, 0) is 5.41 Å². The molecule has 0 saturated heterocycles. The Hall–Kier alpha value is -1.31. The Morgan fingerprint density at radius 1 is 1.35 bits per heavy atom. The van der Waals surface area contributed by atoms with Crippen LogP contribution in [0.25, 0.3) is 0 Å². The number of carbonyl (C=O) groups is 1. The summed E-state index contributed by atoms with van der Waals surface area (Å²) >= 11 is 0. The standard InChI is InChI=1S/C18H26O2/c1-10(2)15-12(4)18(5,6)16-11(3)17(20-7)13(9-19)8-14(15)16/h8-10,12,15H,1-7H3. The third-order valence-corrected chi connectivity index (χ3v) is 5.31. The molecule has 0 spiro atoms. The second kappa shape index (κ2) is 4.91. The van der Waals surface area contributed by atoms with Crippen molar-refractivity contribution in [2.45, 2.75) is 52.9 Å². The topological polar surface area (TPSA) is 26.3 Å². The maximum absolute atomic E-state index is 11.4. The van der Waals surface area contributed by atoms with E-state index in [0.717, 1.165) is 17.6 Å². The Bertz CT molecular complexity index is 541. The number of rotatable bonds is 3. The molecule has 1 aromatic carbocycles. The summed E-state index contributed by atoms with van der Waals surface area (Å²) in [6.45, 7) is 13.6. The van der Waals surface area contributed by atoms with Crippen molar-refractivity contribution in [1.82, 2.24) is 0 Å². The van der Waals surface area contributed by atoms with E-state index in [1.54, 1.807) is 7.11 Å². The number of ether oxygens (including phenoxy) is 1. The van der Waals surface area contributed by atoms with Gasteiger partial charge in [0.05, 0.1) is 12.7 Å². The van der Waals surface area contributed by atoms with Crippen LogP contribution in [0, 0.1) is 18.8 Å². The zero-order chi connectivity index (χ0) is 15.2. The van der Waals surface area contributed by atoms with Crippen LogP contribution in [0.15, 0.2) is 6.07 Å². The zero-order valence-corrected chi connectivity index (χ0v) is 13.7. The van der Waals surface area contributed by atoms with Gasteiger partial charge in [0.25, 0.3) is 0 Å². The normalized spacial score (nSPS) is 23.8. The van der Waals surface area contributed by atoms with E-state index in [1.807, 2.05) is 0 Å². The average molecular weight is 274 g/mol. The second-order valence-corrected chi connectivity index (χ2v) is 6.99. The number of benzene rings is 1. The predicted octanol–water partition coefficient (Wildman–Crippen LogP) is 4.48. The summed E-state index contributed by atoms with van der Waals surface area (Å²) in [4.78, 5) is 11.4. The fourth-order valence-electron chi connectivity index (χ4n) is 4.21. The summed E-state index contributed by atoms with van der Waals surface area (Å²) in [6, 6.07) is 2.06. The molecular weight excluding hydrogens is 248 g/mol. The first kappa shape index (κ1) is 15.1. The van der Waals surface area contributed by atoms with Gasteiger partial charge in [-0.25, -0.2) is 0 Å². The van der Waals surface area contributed by atoms with E-state index < -0.39 is 0 Å². The highest BCUT2D eigenvalue weighted by Gasteiger charge is 2.46. The lowest BCUT2D eigenvalue weighted by atomic mass is 9.74. The quantitative estimate of drug-likeness (QED) is 0.759. The highest BCUT2D eigenvalue weighted by atomic mass is 16.5. The van der Waals surface area contributed by atoms with Gasteiger partial charge in [0.1, 0.15) is 5.75 Å². The SMILES string of the molecule is COc1c(C=O)cc2c(c1C)C(C)(C)C(C)C2C(C)C. The lowest BCUT2D eigenvalue weighted by molar-refractivity contribution is 0.112. The van der Waals surface area contributed by atoms with Gasteiger partial charge in [-0.15, -0.1) is 0 Å². The van der Waals surface area contributed by atoms with E-state index in [9.17, 15) is 4.79 Å². The first-order chi connectivity index (χ1) is 9.27. The third kappa shape index (κ3) is 1.88. The van der Waals surface area contributed by atoms with Crippen molar-refractivity contribution in [3.63, 3.8) is 0 Å². The van der Waals surface area contributed by atoms with Crippen molar-refractivity contribution < 1.29 is 9.53 Å². The van der Waals surface area contributed by atoms with Crippen LogP contribution in [-0.4, -0.2) is 13.4 Å². The molecule has 0 aromatic heterocycles. The van der Waals surface area contributed by atoms with Gasteiger partial charge in [-0.3, -0.25) is 4.79 Å². The number of aldehydes is 1. The van der Waals surface area contributed by atoms with E-state index in [4.69, 9.17) is 4.74 Å². The fraction of sp³-hybridized carbons (Fsp3) is 0.611. The lowest BCUT2D eigenvalue weighted by Crippen LogP contribution is -2.25. The van der Waals surface area contributed by atoms with Crippen molar-refractivity contribution in [2.75, 3.05) is 7.11 Å². The van der Waals surface area contributed by atoms with E-state index in [2.05, 4.69) is 47.6 Å². The van der Waals surface area contributed by atoms with E-state index >= 15 is 0 Å². The number of hydrogen-bond acceptors (Lipinski definition) is 2. The average Bonchev–Trinajstić information content (AvgIpc) is 2.56. The highest BCUT2D eigenvalue weighted by molar-refractivity contribution is 5.82. The molecule has 0 amide bonds. The van der Waals surface area contributed by atoms with Gasteiger partial charge < -0.3 is 4.74 Å². The smallest absolute Gasteiger partial charge is 0.153 e. The van der Waals surface area contributed by atoms with Crippen LogP contribution in [0.5, 0.6) is 5.75 Å². The third-order valence-electron chi connectivity index (χ3n) is 5.31. The molecule has 0 aliphatic heterocycles. The van der Waals surface area contributed by atoms with E-state index in [0.29, 0.717) is 23.3 Å². The molecule has 0 heterocycles. The van der Waals surface area contributed by atoms with Gasteiger partial charge in [0, 0.05) is 0 Å². The molecule has 110 valence electrons. The van der Waals surface area contributed by atoms with Gasteiger partial charge in [-0.05, 0) is 52.8 Å². The van der Waals surface area contributed by atoms with Crippen LogP contribution in [0.2, 0.25) is 0 Å². The fourth-order valence-corrected chi connectivity index (χ4v) is 4.21. The van der Waals surface area contributed by atoms with Crippen molar-refractivity contribution in [3.05, 3.63) is 28.3 Å². The molecule has 2 rings (SSSR count). The molecule has 2 nitrogen and oxygen atoms in total. The van der Waals surface area contributed by atoms with Crippen LogP contribution < -0.4 is 4.74 Å². The Morgan fingerprint density at radius 3 is 2.40 bits per heavy atom. The molecule has 0 N–H and O–H groups in total. The summed E-state index contributed by atoms with van der Waals surface area (Å²) in [6.07, 6.45) is 0.916. The minimum Gasteiger partial charge on any atom is -0.496 e. The first-order valence-electron chi connectivity index (χ1n) is 7.44. The van der Waals surface area contributed by atoms with E-state index in [-0.39, 0.29) is 5.41 Å². The van der Waals surface area contributed by atoms with Crippen LogP contribution in [0.3, 0.4) is 0 Å². The Labute approximate surface area is 122 Å². The summed E-state index contributed by atoms with van der Waals surface area (Å²) < 4.78 is 5.49. The molecule has 2 unspecified atom stereocenters. The molecule has 20 heavy (non-hydrogen) atoms. The first-order valence-corrected chi connectivity index (χ1v) is 7.44. The number of carbonyl (C=O) groups excluding carboxylic acids is 1. The lowest BCUT2D eigenvalue weighted by Gasteiger charge is -2.30. The van der Waals surface area contributed by atoms with Gasteiger partial charge in [0.2, 0.25) is 0 Å². The highest BCUT2D eigenvalue weighted by Crippen LogP contribution is 2.55. The minimum atomic E-state index is 0.114. The van der Waals surface area contributed by atoms with Crippen LogP contribution in [0.4, 0.5) is 0 Å². The molecule has 2 heteroatoms. The summed E-state index contributed by atoms with van der Waals surface area (Å²) in [5, 5.41) is 0. The van der Waals surface area contributed by atoms with Gasteiger partial charge in [-0.2, -0.15) is 0 Å². The zero-order valence-electron chi connectivity index (χ0n) is 13.7.